The van der Waals surface area contributed by atoms with Crippen LogP contribution >= 0.6 is 0 Å². The monoisotopic (exact) mass is 238 g/mol. The van der Waals surface area contributed by atoms with E-state index in [0.717, 1.165) is 5.92 Å². The second-order valence-corrected chi connectivity index (χ2v) is 6.12. The van der Waals surface area contributed by atoms with Gasteiger partial charge in [-0.25, -0.2) is 0 Å². The molecule has 0 aliphatic heterocycles. The molecule has 0 atom stereocenters. The third-order valence-corrected chi connectivity index (χ3v) is 4.44. The normalized spacial score (nSPS) is 17.5. The van der Waals surface area contributed by atoms with E-state index >= 15 is 0 Å². The second-order valence-electron chi connectivity index (χ2n) is 6.12. The molecule has 0 aromatic carbocycles. The molecule has 0 unspecified atom stereocenters. The average Bonchev–Trinajstić information content (AvgIpc) is 2.38. The lowest BCUT2D eigenvalue weighted by Gasteiger charge is -2.21. The predicted molar refractivity (Wildman–Crippen MR) is 78.4 cm³/mol. The van der Waals surface area contributed by atoms with Gasteiger partial charge < -0.3 is 0 Å². The fraction of sp³-hybridized carbons (Fsp3) is 1.00. The Morgan fingerprint density at radius 3 is 1.76 bits per heavy atom. The molecule has 0 heterocycles. The molecule has 0 nitrogen and oxygen atoms in total. The highest BCUT2D eigenvalue weighted by atomic mass is 14.2. The summed E-state index contributed by atoms with van der Waals surface area (Å²) >= 11 is 0. The van der Waals surface area contributed by atoms with E-state index in [0.29, 0.717) is 0 Å². The third kappa shape index (κ3) is 8.69. The molecule has 0 aromatic heterocycles. The largest absolute Gasteiger partial charge is 0.0654 e. The van der Waals surface area contributed by atoms with E-state index in [-0.39, 0.29) is 0 Å². The van der Waals surface area contributed by atoms with E-state index in [1.807, 2.05) is 0 Å². The molecule has 0 heteroatoms. The number of rotatable bonds is 10. The van der Waals surface area contributed by atoms with Crippen LogP contribution in [0.2, 0.25) is 0 Å². The highest BCUT2D eigenvalue weighted by Crippen LogP contribution is 2.28. The van der Waals surface area contributed by atoms with Crippen LogP contribution < -0.4 is 0 Å². The molecule has 0 aromatic rings. The summed E-state index contributed by atoms with van der Waals surface area (Å²) in [7, 11) is 0. The van der Waals surface area contributed by atoms with Crippen LogP contribution in [0.15, 0.2) is 0 Å². The highest BCUT2D eigenvalue weighted by molar-refractivity contribution is 4.65. The van der Waals surface area contributed by atoms with Crippen molar-refractivity contribution in [3.63, 3.8) is 0 Å². The molecule has 1 fully saturated rings. The Morgan fingerprint density at radius 1 is 0.647 bits per heavy atom. The zero-order valence-corrected chi connectivity index (χ0v) is 12.2. The molecule has 1 aliphatic rings. The molecular weight excluding hydrogens is 204 g/mol. The molecule has 0 bridgehead atoms. The predicted octanol–water partition coefficient (Wildman–Crippen LogP) is 6.49. The van der Waals surface area contributed by atoms with Crippen molar-refractivity contribution in [1.29, 1.82) is 0 Å². The van der Waals surface area contributed by atoms with Crippen molar-refractivity contribution in [3.05, 3.63) is 0 Å². The van der Waals surface area contributed by atoms with Gasteiger partial charge in [-0.2, -0.15) is 0 Å². The van der Waals surface area contributed by atoms with Crippen LogP contribution in [-0.2, 0) is 0 Å². The van der Waals surface area contributed by atoms with Gasteiger partial charge in [0.25, 0.3) is 0 Å². The van der Waals surface area contributed by atoms with Crippen molar-refractivity contribution < 1.29 is 0 Å². The molecular formula is C17H34. The Labute approximate surface area is 110 Å². The first-order chi connectivity index (χ1) is 8.43. The summed E-state index contributed by atoms with van der Waals surface area (Å²) in [6.45, 7) is 2.30. The Morgan fingerprint density at radius 2 is 1.18 bits per heavy atom. The Bertz CT molecular complexity index is 144. The lowest BCUT2D eigenvalue weighted by molar-refractivity contribution is 0.328. The molecule has 17 heavy (non-hydrogen) atoms. The minimum atomic E-state index is 1.10. The summed E-state index contributed by atoms with van der Waals surface area (Å²) in [6.07, 6.45) is 22.4. The lowest BCUT2D eigenvalue weighted by atomic mass is 9.85. The van der Waals surface area contributed by atoms with E-state index < -0.39 is 0 Å². The Balaban J connectivity index is 1.75. The third-order valence-electron chi connectivity index (χ3n) is 4.44. The summed E-state index contributed by atoms with van der Waals surface area (Å²) in [5, 5.41) is 0. The van der Waals surface area contributed by atoms with Crippen molar-refractivity contribution in [2.75, 3.05) is 0 Å². The average molecular weight is 238 g/mol. The van der Waals surface area contributed by atoms with Gasteiger partial charge in [-0.05, 0) is 5.92 Å². The van der Waals surface area contributed by atoms with Crippen molar-refractivity contribution >= 4 is 0 Å². The zero-order valence-electron chi connectivity index (χ0n) is 12.2. The number of hydrogen-bond acceptors (Lipinski definition) is 0. The van der Waals surface area contributed by atoms with Gasteiger partial charge >= 0.3 is 0 Å². The highest BCUT2D eigenvalue weighted by Gasteiger charge is 2.12. The molecule has 0 spiro atoms. The van der Waals surface area contributed by atoms with E-state index in [4.69, 9.17) is 0 Å². The molecule has 1 aliphatic carbocycles. The lowest BCUT2D eigenvalue weighted by Crippen LogP contribution is -2.05. The summed E-state index contributed by atoms with van der Waals surface area (Å²) in [4.78, 5) is 0. The van der Waals surface area contributed by atoms with E-state index in [9.17, 15) is 0 Å². The maximum absolute atomic E-state index is 2.30. The minimum absolute atomic E-state index is 1.10. The Kier molecular flexibility index (Phi) is 9.84. The van der Waals surface area contributed by atoms with Gasteiger partial charge in [0.15, 0.2) is 0 Å². The number of hydrogen-bond donors (Lipinski definition) is 0. The SMILES string of the molecule is CCCCCCCCCCCC1CCCCC1. The van der Waals surface area contributed by atoms with Gasteiger partial charge in [0.1, 0.15) is 0 Å². The van der Waals surface area contributed by atoms with Crippen molar-refractivity contribution in [1.82, 2.24) is 0 Å². The van der Waals surface area contributed by atoms with Crippen molar-refractivity contribution in [2.45, 2.75) is 103 Å². The van der Waals surface area contributed by atoms with Crippen molar-refractivity contribution in [2.24, 2.45) is 5.92 Å². The summed E-state index contributed by atoms with van der Waals surface area (Å²) in [5.41, 5.74) is 0. The number of unbranched alkanes of at least 4 members (excludes halogenated alkanes) is 8. The Hall–Kier alpha value is 0. The molecule has 0 amide bonds. The fourth-order valence-electron chi connectivity index (χ4n) is 3.22. The molecule has 1 rings (SSSR count). The van der Waals surface area contributed by atoms with Crippen LogP contribution in [0, 0.1) is 5.92 Å². The standard InChI is InChI=1S/C17H34/c1-2-3-4-5-6-7-8-9-11-14-17-15-12-10-13-16-17/h17H,2-16H2,1H3. The summed E-state index contributed by atoms with van der Waals surface area (Å²) in [6, 6.07) is 0. The fourth-order valence-corrected chi connectivity index (χ4v) is 3.22. The molecule has 0 radical (unpaired) electrons. The minimum Gasteiger partial charge on any atom is -0.0654 e. The topological polar surface area (TPSA) is 0 Å². The van der Waals surface area contributed by atoms with Crippen LogP contribution in [0.4, 0.5) is 0 Å². The quantitative estimate of drug-likeness (QED) is 0.382. The van der Waals surface area contributed by atoms with Gasteiger partial charge in [-0.1, -0.05) is 103 Å². The molecule has 0 saturated heterocycles. The first-order valence-electron chi connectivity index (χ1n) is 8.43. The smallest absolute Gasteiger partial charge is 0.0414 e. The summed E-state index contributed by atoms with van der Waals surface area (Å²) in [5.74, 6) is 1.10. The first-order valence-corrected chi connectivity index (χ1v) is 8.43. The van der Waals surface area contributed by atoms with Crippen molar-refractivity contribution in [3.8, 4) is 0 Å². The van der Waals surface area contributed by atoms with Crippen LogP contribution in [0.5, 0.6) is 0 Å². The van der Waals surface area contributed by atoms with E-state index in [1.54, 1.807) is 0 Å². The zero-order chi connectivity index (χ0) is 12.2. The van der Waals surface area contributed by atoms with E-state index in [1.165, 1.54) is 96.3 Å². The van der Waals surface area contributed by atoms with Crippen LogP contribution in [0.1, 0.15) is 103 Å². The molecule has 0 N–H and O–H groups in total. The van der Waals surface area contributed by atoms with Gasteiger partial charge in [-0.3, -0.25) is 0 Å². The molecule has 1 saturated carbocycles. The van der Waals surface area contributed by atoms with Crippen LogP contribution in [0.3, 0.4) is 0 Å². The van der Waals surface area contributed by atoms with Crippen LogP contribution in [0.25, 0.3) is 0 Å². The van der Waals surface area contributed by atoms with Gasteiger partial charge in [0, 0.05) is 0 Å². The summed E-state index contributed by atoms with van der Waals surface area (Å²) < 4.78 is 0. The van der Waals surface area contributed by atoms with Gasteiger partial charge in [-0.15, -0.1) is 0 Å². The van der Waals surface area contributed by atoms with Gasteiger partial charge in [0.05, 0.1) is 0 Å². The van der Waals surface area contributed by atoms with E-state index in [2.05, 4.69) is 6.92 Å². The first kappa shape index (κ1) is 15.1. The molecule has 102 valence electrons. The van der Waals surface area contributed by atoms with Gasteiger partial charge in [0.2, 0.25) is 0 Å². The van der Waals surface area contributed by atoms with Crippen LogP contribution in [-0.4, -0.2) is 0 Å². The second kappa shape index (κ2) is 11.1. The maximum Gasteiger partial charge on any atom is -0.0414 e. The maximum atomic E-state index is 2.30.